The molecule has 126 valence electrons. The Kier molecular flexibility index (Phi) is 6.13. The first-order valence-electron chi connectivity index (χ1n) is 8.15. The molecule has 1 aromatic rings. The second kappa shape index (κ2) is 8.09. The lowest BCUT2D eigenvalue weighted by atomic mass is 9.78. The highest BCUT2D eigenvalue weighted by atomic mass is 19.1. The molecule has 0 aromatic heterocycles. The normalized spacial score (nSPS) is 24.0. The summed E-state index contributed by atoms with van der Waals surface area (Å²) in [6.07, 6.45) is 3.31. The Morgan fingerprint density at radius 1 is 1.22 bits per heavy atom. The minimum atomic E-state index is -0.489. The lowest BCUT2D eigenvalue weighted by Gasteiger charge is -2.34. The SMILES string of the molecule is C[C@@H]1[C@@H](C)CCC[C@H]1NC(=O)COC(=O)Cc1ccc(F)cc1. The van der Waals surface area contributed by atoms with E-state index in [4.69, 9.17) is 4.74 Å². The number of hydrogen-bond acceptors (Lipinski definition) is 3. The van der Waals surface area contributed by atoms with Gasteiger partial charge in [0.15, 0.2) is 6.61 Å². The van der Waals surface area contributed by atoms with Gasteiger partial charge in [-0.2, -0.15) is 0 Å². The number of esters is 1. The molecule has 1 N–H and O–H groups in total. The zero-order chi connectivity index (χ0) is 16.8. The second-order valence-corrected chi connectivity index (χ2v) is 6.41. The second-order valence-electron chi connectivity index (χ2n) is 6.41. The van der Waals surface area contributed by atoms with Gasteiger partial charge in [-0.15, -0.1) is 0 Å². The summed E-state index contributed by atoms with van der Waals surface area (Å²) in [6.45, 7) is 4.08. The van der Waals surface area contributed by atoms with Crippen molar-refractivity contribution in [2.24, 2.45) is 11.8 Å². The van der Waals surface area contributed by atoms with E-state index < -0.39 is 5.97 Å². The zero-order valence-corrected chi connectivity index (χ0v) is 13.7. The van der Waals surface area contributed by atoms with E-state index in [0.29, 0.717) is 17.4 Å². The molecule has 1 fully saturated rings. The fourth-order valence-corrected chi connectivity index (χ4v) is 3.00. The maximum atomic E-state index is 12.8. The third-order valence-electron chi connectivity index (χ3n) is 4.68. The molecule has 23 heavy (non-hydrogen) atoms. The molecule has 0 radical (unpaired) electrons. The summed E-state index contributed by atoms with van der Waals surface area (Å²) >= 11 is 0. The molecule has 1 saturated carbocycles. The van der Waals surface area contributed by atoms with E-state index in [-0.39, 0.29) is 30.8 Å². The van der Waals surface area contributed by atoms with E-state index in [9.17, 15) is 14.0 Å². The van der Waals surface area contributed by atoms with Crippen LogP contribution in [0.25, 0.3) is 0 Å². The van der Waals surface area contributed by atoms with Crippen molar-refractivity contribution < 1.29 is 18.7 Å². The van der Waals surface area contributed by atoms with Crippen molar-refractivity contribution in [3.05, 3.63) is 35.6 Å². The predicted molar refractivity (Wildman–Crippen MR) is 85.2 cm³/mol. The third-order valence-corrected chi connectivity index (χ3v) is 4.68. The van der Waals surface area contributed by atoms with Crippen LogP contribution in [0.2, 0.25) is 0 Å². The van der Waals surface area contributed by atoms with Crippen LogP contribution in [-0.4, -0.2) is 24.5 Å². The van der Waals surface area contributed by atoms with Gasteiger partial charge in [0.1, 0.15) is 5.82 Å². The molecule has 0 unspecified atom stereocenters. The molecule has 4 nitrogen and oxygen atoms in total. The van der Waals surface area contributed by atoms with E-state index in [1.807, 2.05) is 0 Å². The van der Waals surface area contributed by atoms with Gasteiger partial charge in [0, 0.05) is 6.04 Å². The summed E-state index contributed by atoms with van der Waals surface area (Å²) in [5.41, 5.74) is 0.659. The highest BCUT2D eigenvalue weighted by molar-refractivity contribution is 5.81. The first-order valence-corrected chi connectivity index (χ1v) is 8.15. The maximum absolute atomic E-state index is 12.8. The van der Waals surface area contributed by atoms with Crippen LogP contribution < -0.4 is 5.32 Å². The lowest BCUT2D eigenvalue weighted by Crippen LogP contribution is -2.45. The number of rotatable bonds is 5. The van der Waals surface area contributed by atoms with Crippen molar-refractivity contribution in [2.45, 2.75) is 45.6 Å². The Morgan fingerprint density at radius 3 is 2.61 bits per heavy atom. The van der Waals surface area contributed by atoms with Gasteiger partial charge in [-0.05, 0) is 36.0 Å². The summed E-state index contributed by atoms with van der Waals surface area (Å²) in [7, 11) is 0. The number of nitrogens with one attached hydrogen (secondary N) is 1. The first-order chi connectivity index (χ1) is 11.0. The van der Waals surface area contributed by atoms with E-state index in [1.165, 1.54) is 30.7 Å². The molecule has 5 heteroatoms. The molecular formula is C18H24FNO3. The average molecular weight is 321 g/mol. The zero-order valence-electron chi connectivity index (χ0n) is 13.7. The lowest BCUT2D eigenvalue weighted by molar-refractivity contribution is -0.148. The Hall–Kier alpha value is -1.91. The number of carbonyl (C=O) groups is 2. The van der Waals surface area contributed by atoms with Crippen LogP contribution in [0.15, 0.2) is 24.3 Å². The van der Waals surface area contributed by atoms with Crippen molar-refractivity contribution in [3.63, 3.8) is 0 Å². The molecule has 0 bridgehead atoms. The largest absolute Gasteiger partial charge is 0.455 e. The van der Waals surface area contributed by atoms with Gasteiger partial charge < -0.3 is 10.1 Å². The molecule has 3 atom stereocenters. The third kappa shape index (κ3) is 5.34. The van der Waals surface area contributed by atoms with Gasteiger partial charge in [-0.25, -0.2) is 4.39 Å². The van der Waals surface area contributed by atoms with Gasteiger partial charge in [-0.1, -0.05) is 38.8 Å². The monoisotopic (exact) mass is 321 g/mol. The van der Waals surface area contributed by atoms with Crippen LogP contribution in [0.4, 0.5) is 4.39 Å². The molecule has 0 aliphatic heterocycles. The van der Waals surface area contributed by atoms with Crippen molar-refractivity contribution in [1.82, 2.24) is 5.32 Å². The van der Waals surface area contributed by atoms with E-state index in [0.717, 1.165) is 12.8 Å². The minimum absolute atomic E-state index is 0.0322. The van der Waals surface area contributed by atoms with Crippen LogP contribution in [0, 0.1) is 17.7 Å². The summed E-state index contributed by atoms with van der Waals surface area (Å²) < 4.78 is 17.8. The smallest absolute Gasteiger partial charge is 0.310 e. The Morgan fingerprint density at radius 2 is 1.91 bits per heavy atom. The van der Waals surface area contributed by atoms with Crippen molar-refractivity contribution in [3.8, 4) is 0 Å². The Bertz CT molecular complexity index is 544. The number of amides is 1. The van der Waals surface area contributed by atoms with Crippen LogP contribution >= 0.6 is 0 Å². The van der Waals surface area contributed by atoms with Crippen molar-refractivity contribution >= 4 is 11.9 Å². The Balaban J connectivity index is 1.73. The molecule has 0 spiro atoms. The van der Waals surface area contributed by atoms with Gasteiger partial charge in [0.05, 0.1) is 6.42 Å². The van der Waals surface area contributed by atoms with Gasteiger partial charge in [-0.3, -0.25) is 9.59 Å². The molecular weight excluding hydrogens is 297 g/mol. The van der Waals surface area contributed by atoms with E-state index in [2.05, 4.69) is 19.2 Å². The summed E-state index contributed by atoms with van der Waals surface area (Å²) in [6, 6.07) is 5.80. The van der Waals surface area contributed by atoms with Crippen molar-refractivity contribution in [1.29, 1.82) is 0 Å². The van der Waals surface area contributed by atoms with E-state index >= 15 is 0 Å². The fourth-order valence-electron chi connectivity index (χ4n) is 3.00. The molecule has 1 aromatic carbocycles. The number of carbonyl (C=O) groups excluding carboxylic acids is 2. The topological polar surface area (TPSA) is 55.4 Å². The number of halogens is 1. The predicted octanol–water partition coefficient (Wildman–Crippen LogP) is 2.85. The van der Waals surface area contributed by atoms with Crippen LogP contribution in [0.3, 0.4) is 0 Å². The standard InChI is InChI=1S/C18H24FNO3/c1-12-4-3-5-16(13(12)2)20-17(21)11-23-18(22)10-14-6-8-15(19)9-7-14/h6-9,12-13,16H,3-5,10-11H2,1-2H3,(H,20,21)/t12-,13+,16+/m0/s1. The van der Waals surface area contributed by atoms with Crippen LogP contribution in [0.5, 0.6) is 0 Å². The molecule has 1 amide bonds. The highest BCUT2D eigenvalue weighted by Crippen LogP contribution is 2.29. The average Bonchev–Trinajstić information content (AvgIpc) is 2.52. The highest BCUT2D eigenvalue weighted by Gasteiger charge is 2.28. The van der Waals surface area contributed by atoms with Crippen molar-refractivity contribution in [2.75, 3.05) is 6.61 Å². The van der Waals surface area contributed by atoms with Crippen LogP contribution in [-0.2, 0) is 20.7 Å². The van der Waals surface area contributed by atoms with Crippen LogP contribution in [0.1, 0.15) is 38.7 Å². The Labute approximate surface area is 136 Å². The maximum Gasteiger partial charge on any atom is 0.310 e. The van der Waals surface area contributed by atoms with E-state index in [1.54, 1.807) is 0 Å². The molecule has 1 aliphatic carbocycles. The number of ether oxygens (including phenoxy) is 1. The minimum Gasteiger partial charge on any atom is -0.455 e. The molecule has 2 rings (SSSR count). The fraction of sp³-hybridized carbons (Fsp3) is 0.556. The first kappa shape index (κ1) is 17.4. The van der Waals surface area contributed by atoms with Gasteiger partial charge in [0.2, 0.25) is 0 Å². The number of hydrogen-bond donors (Lipinski definition) is 1. The quantitative estimate of drug-likeness (QED) is 0.849. The van der Waals surface area contributed by atoms with Gasteiger partial charge in [0.25, 0.3) is 5.91 Å². The molecule has 0 heterocycles. The summed E-state index contributed by atoms with van der Waals surface area (Å²) in [4.78, 5) is 23.6. The number of benzene rings is 1. The molecule has 1 aliphatic rings. The summed E-state index contributed by atoms with van der Waals surface area (Å²) in [5.74, 6) is -0.0738. The molecule has 0 saturated heterocycles. The summed E-state index contributed by atoms with van der Waals surface area (Å²) in [5, 5.41) is 2.96. The van der Waals surface area contributed by atoms with Gasteiger partial charge >= 0.3 is 5.97 Å².